The first-order valence-electron chi connectivity index (χ1n) is 13.4. The minimum absolute atomic E-state index is 0.0834. The van der Waals surface area contributed by atoms with Crippen LogP contribution < -0.4 is 10.6 Å². The monoisotopic (exact) mass is 530 g/mol. The molecule has 3 N–H and O–H groups in total. The minimum atomic E-state index is -1.26. The summed E-state index contributed by atoms with van der Waals surface area (Å²) in [6.45, 7) is 3.96. The number of ether oxygens (including phenoxy) is 1. The average Bonchev–Trinajstić information content (AvgIpc) is 2.95. The molecule has 0 saturated carbocycles. The summed E-state index contributed by atoms with van der Waals surface area (Å²) >= 11 is 0. The number of rotatable bonds is 14. The van der Waals surface area contributed by atoms with Crippen LogP contribution in [0, 0.1) is 5.92 Å². The summed E-state index contributed by atoms with van der Waals surface area (Å²) in [5, 5.41) is 16.0. The predicted molar refractivity (Wildman–Crippen MR) is 150 cm³/mol. The highest BCUT2D eigenvalue weighted by molar-refractivity contribution is 5.91. The van der Waals surface area contributed by atoms with Crippen molar-refractivity contribution >= 4 is 17.8 Å². The minimum Gasteiger partial charge on any atom is -0.459 e. The Bertz CT molecular complexity index is 1170. The molecule has 0 aliphatic carbocycles. The number of hydrogen-bond donors (Lipinski definition) is 3. The van der Waals surface area contributed by atoms with Crippen LogP contribution in [0.3, 0.4) is 0 Å². The zero-order valence-corrected chi connectivity index (χ0v) is 22.6. The van der Waals surface area contributed by atoms with Crippen molar-refractivity contribution in [2.24, 2.45) is 5.92 Å². The number of benzene rings is 3. The van der Waals surface area contributed by atoms with E-state index in [0.29, 0.717) is 12.8 Å². The van der Waals surface area contributed by atoms with Gasteiger partial charge in [-0.1, -0.05) is 105 Å². The van der Waals surface area contributed by atoms with Gasteiger partial charge in [-0.05, 0) is 41.9 Å². The predicted octanol–water partition coefficient (Wildman–Crippen LogP) is 3.98. The van der Waals surface area contributed by atoms with Crippen molar-refractivity contribution in [3.63, 3.8) is 0 Å². The van der Waals surface area contributed by atoms with Gasteiger partial charge in [-0.2, -0.15) is 0 Å². The Morgan fingerprint density at radius 2 is 1.23 bits per heavy atom. The Hall–Kier alpha value is -3.97. The molecule has 7 nitrogen and oxygen atoms in total. The van der Waals surface area contributed by atoms with Crippen LogP contribution in [0.4, 0.5) is 0 Å². The van der Waals surface area contributed by atoms with Gasteiger partial charge in [0.05, 0.1) is 0 Å². The standard InChI is InChI=1S/C32H38N2O5/c1-23(2)20-27(33-31(37)29(35)19-18-24-12-6-3-7-13-24)30(36)34-28(21-25-14-8-4-9-15-25)32(38)39-22-26-16-10-5-11-17-26/h3-17,23,27-29,35H,18-22H2,1-2H3,(H,33,37)(H,34,36)/t27-,28-,29-/m0/s1. The average molecular weight is 531 g/mol. The van der Waals surface area contributed by atoms with E-state index in [1.807, 2.05) is 105 Å². The van der Waals surface area contributed by atoms with Gasteiger partial charge in [-0.25, -0.2) is 4.79 Å². The lowest BCUT2D eigenvalue weighted by Crippen LogP contribution is -2.54. The van der Waals surface area contributed by atoms with Crippen LogP contribution >= 0.6 is 0 Å². The highest BCUT2D eigenvalue weighted by Gasteiger charge is 2.30. The van der Waals surface area contributed by atoms with Gasteiger partial charge in [0.15, 0.2) is 0 Å². The molecule has 206 valence electrons. The molecule has 3 rings (SSSR count). The molecule has 7 heteroatoms. The van der Waals surface area contributed by atoms with Crippen molar-refractivity contribution < 1.29 is 24.2 Å². The van der Waals surface area contributed by atoms with E-state index >= 15 is 0 Å². The number of hydrogen-bond acceptors (Lipinski definition) is 5. The Kier molecular flexibility index (Phi) is 11.7. The third kappa shape index (κ3) is 10.4. The summed E-state index contributed by atoms with van der Waals surface area (Å²) in [6, 6.07) is 26.4. The largest absolute Gasteiger partial charge is 0.459 e. The molecule has 0 radical (unpaired) electrons. The van der Waals surface area contributed by atoms with Gasteiger partial charge in [0.25, 0.3) is 0 Å². The lowest BCUT2D eigenvalue weighted by molar-refractivity contribution is -0.149. The van der Waals surface area contributed by atoms with Crippen LogP contribution in [0.5, 0.6) is 0 Å². The lowest BCUT2D eigenvalue weighted by Gasteiger charge is -2.25. The smallest absolute Gasteiger partial charge is 0.329 e. The molecule has 0 aliphatic rings. The van der Waals surface area contributed by atoms with E-state index in [2.05, 4.69) is 10.6 Å². The third-order valence-corrected chi connectivity index (χ3v) is 6.30. The molecule has 3 aromatic carbocycles. The van der Waals surface area contributed by atoms with Crippen molar-refractivity contribution in [1.29, 1.82) is 0 Å². The van der Waals surface area contributed by atoms with Crippen LogP contribution in [0.15, 0.2) is 91.0 Å². The fourth-order valence-electron chi connectivity index (χ4n) is 4.19. The zero-order valence-electron chi connectivity index (χ0n) is 22.6. The van der Waals surface area contributed by atoms with E-state index in [9.17, 15) is 19.5 Å². The van der Waals surface area contributed by atoms with Crippen molar-refractivity contribution in [2.75, 3.05) is 0 Å². The van der Waals surface area contributed by atoms with E-state index < -0.39 is 36.0 Å². The number of carbonyl (C=O) groups is 3. The Morgan fingerprint density at radius 1 is 0.718 bits per heavy atom. The number of aliphatic hydroxyl groups excluding tert-OH is 1. The van der Waals surface area contributed by atoms with E-state index in [-0.39, 0.29) is 25.4 Å². The molecule has 0 spiro atoms. The van der Waals surface area contributed by atoms with E-state index in [0.717, 1.165) is 16.7 Å². The van der Waals surface area contributed by atoms with E-state index in [1.54, 1.807) is 0 Å². The van der Waals surface area contributed by atoms with Gasteiger partial charge in [-0.3, -0.25) is 9.59 Å². The van der Waals surface area contributed by atoms with Crippen LogP contribution in [-0.4, -0.2) is 41.1 Å². The molecule has 0 unspecified atom stereocenters. The van der Waals surface area contributed by atoms with Gasteiger partial charge in [-0.15, -0.1) is 0 Å². The first kappa shape index (κ1) is 29.6. The van der Waals surface area contributed by atoms with Crippen LogP contribution in [-0.2, 0) is 38.6 Å². The normalized spacial score (nSPS) is 13.2. The van der Waals surface area contributed by atoms with Gasteiger partial charge in [0.1, 0.15) is 24.8 Å². The first-order valence-corrected chi connectivity index (χ1v) is 13.4. The SMILES string of the molecule is CC(C)C[C@H](NC(=O)[C@@H](O)CCc1ccccc1)C(=O)N[C@@H](Cc1ccccc1)C(=O)OCc1ccccc1. The quantitative estimate of drug-likeness (QED) is 0.274. The molecule has 2 amide bonds. The van der Waals surface area contributed by atoms with Gasteiger partial charge in [0, 0.05) is 6.42 Å². The number of carbonyl (C=O) groups excluding carboxylic acids is 3. The molecule has 0 aromatic heterocycles. The zero-order chi connectivity index (χ0) is 28.0. The van der Waals surface area contributed by atoms with Crippen molar-refractivity contribution in [1.82, 2.24) is 10.6 Å². The molecule has 0 saturated heterocycles. The molecule has 0 bridgehead atoms. The molecule has 0 aliphatic heterocycles. The summed E-state index contributed by atoms with van der Waals surface area (Å²) in [7, 11) is 0. The number of nitrogens with one attached hydrogen (secondary N) is 2. The summed E-state index contributed by atoms with van der Waals surface area (Å²) in [5.41, 5.74) is 2.71. The Balaban J connectivity index is 1.66. The van der Waals surface area contributed by atoms with Crippen molar-refractivity contribution in [2.45, 2.75) is 64.3 Å². The maximum absolute atomic E-state index is 13.4. The summed E-state index contributed by atoms with van der Waals surface area (Å²) in [4.78, 5) is 39.3. The van der Waals surface area contributed by atoms with Crippen LogP contribution in [0.2, 0.25) is 0 Å². The number of aliphatic hydroxyl groups is 1. The molecular weight excluding hydrogens is 492 g/mol. The summed E-state index contributed by atoms with van der Waals surface area (Å²) in [5.74, 6) is -1.59. The number of esters is 1. The molecule has 39 heavy (non-hydrogen) atoms. The van der Waals surface area contributed by atoms with Gasteiger partial charge >= 0.3 is 5.97 Å². The van der Waals surface area contributed by atoms with Gasteiger partial charge < -0.3 is 20.5 Å². The van der Waals surface area contributed by atoms with Crippen LogP contribution in [0.1, 0.15) is 43.4 Å². The second kappa shape index (κ2) is 15.4. The van der Waals surface area contributed by atoms with Gasteiger partial charge in [0.2, 0.25) is 11.8 Å². The van der Waals surface area contributed by atoms with E-state index in [1.165, 1.54) is 0 Å². The molecule has 0 fully saturated rings. The number of aryl methyl sites for hydroxylation is 1. The number of amides is 2. The maximum Gasteiger partial charge on any atom is 0.329 e. The molecular formula is C32H38N2O5. The molecule has 0 heterocycles. The Labute approximate surface area is 230 Å². The first-order chi connectivity index (χ1) is 18.8. The maximum atomic E-state index is 13.4. The molecule has 3 atom stereocenters. The topological polar surface area (TPSA) is 105 Å². The lowest BCUT2D eigenvalue weighted by atomic mass is 10.0. The highest BCUT2D eigenvalue weighted by Crippen LogP contribution is 2.11. The fourth-order valence-corrected chi connectivity index (χ4v) is 4.19. The van der Waals surface area contributed by atoms with Crippen molar-refractivity contribution in [3.8, 4) is 0 Å². The van der Waals surface area contributed by atoms with Crippen LogP contribution in [0.25, 0.3) is 0 Å². The summed E-state index contributed by atoms with van der Waals surface area (Å²) < 4.78 is 5.54. The van der Waals surface area contributed by atoms with E-state index in [4.69, 9.17) is 4.74 Å². The summed E-state index contributed by atoms with van der Waals surface area (Å²) in [6.07, 6.45) is 0.0862. The van der Waals surface area contributed by atoms with Crippen molar-refractivity contribution in [3.05, 3.63) is 108 Å². The molecule has 3 aromatic rings. The Morgan fingerprint density at radius 3 is 1.79 bits per heavy atom. The second-order valence-corrected chi connectivity index (χ2v) is 10.1. The fraction of sp³-hybridized carbons (Fsp3) is 0.344. The highest BCUT2D eigenvalue weighted by atomic mass is 16.5. The third-order valence-electron chi connectivity index (χ3n) is 6.30. The second-order valence-electron chi connectivity index (χ2n) is 10.1.